The van der Waals surface area contributed by atoms with E-state index in [0.717, 1.165) is 30.0 Å². The second-order valence-electron chi connectivity index (χ2n) is 7.58. The molecule has 1 aromatic carbocycles. The third-order valence-electron chi connectivity index (χ3n) is 5.58. The minimum atomic E-state index is 0.0711. The molecule has 4 heteroatoms. The van der Waals surface area contributed by atoms with Crippen molar-refractivity contribution in [2.45, 2.75) is 72.3 Å². The van der Waals surface area contributed by atoms with Crippen LogP contribution in [0, 0.1) is 11.8 Å². The summed E-state index contributed by atoms with van der Waals surface area (Å²) in [5.74, 6) is 1.17. The SMILES string of the molecule is CCCCC1CCC(C(=O)Nc2cccc(CN(CC)C(C)=O)c2)CC1. The third kappa shape index (κ3) is 6.15. The average Bonchev–Trinajstić information content (AvgIpc) is 2.65. The van der Waals surface area contributed by atoms with Gasteiger partial charge in [0.1, 0.15) is 0 Å². The summed E-state index contributed by atoms with van der Waals surface area (Å²) in [7, 11) is 0. The molecule has 2 rings (SSSR count). The minimum absolute atomic E-state index is 0.0711. The number of rotatable bonds is 8. The first-order chi connectivity index (χ1) is 12.5. The van der Waals surface area contributed by atoms with Crippen LogP contribution in [0.5, 0.6) is 0 Å². The lowest BCUT2D eigenvalue weighted by Gasteiger charge is -2.27. The molecular weight excluding hydrogens is 324 g/mol. The van der Waals surface area contributed by atoms with Gasteiger partial charge in [0, 0.05) is 31.6 Å². The topological polar surface area (TPSA) is 49.4 Å². The van der Waals surface area contributed by atoms with Crippen molar-refractivity contribution in [3.8, 4) is 0 Å². The largest absolute Gasteiger partial charge is 0.339 e. The lowest BCUT2D eigenvalue weighted by atomic mass is 9.79. The fraction of sp³-hybridized carbons (Fsp3) is 0.636. The fourth-order valence-electron chi connectivity index (χ4n) is 3.86. The molecule has 144 valence electrons. The number of unbranched alkanes of at least 4 members (excludes halogenated alkanes) is 1. The number of hydrogen-bond acceptors (Lipinski definition) is 2. The zero-order valence-corrected chi connectivity index (χ0v) is 16.6. The van der Waals surface area contributed by atoms with Crippen LogP contribution in [0.4, 0.5) is 5.69 Å². The summed E-state index contributed by atoms with van der Waals surface area (Å²) in [6.45, 7) is 7.07. The number of hydrogen-bond donors (Lipinski definition) is 1. The molecule has 0 aromatic heterocycles. The van der Waals surface area contributed by atoms with Gasteiger partial charge in [-0.1, -0.05) is 38.3 Å². The number of anilines is 1. The summed E-state index contributed by atoms with van der Waals surface area (Å²) in [5.41, 5.74) is 1.88. The Bertz CT molecular complexity index is 592. The quantitative estimate of drug-likeness (QED) is 0.711. The maximum absolute atomic E-state index is 12.6. The number of carbonyl (C=O) groups is 2. The maximum Gasteiger partial charge on any atom is 0.227 e. The summed E-state index contributed by atoms with van der Waals surface area (Å²) < 4.78 is 0. The molecule has 1 aromatic rings. The zero-order valence-electron chi connectivity index (χ0n) is 16.6. The molecule has 1 N–H and O–H groups in total. The van der Waals surface area contributed by atoms with Crippen molar-refractivity contribution in [1.29, 1.82) is 0 Å². The molecule has 0 bridgehead atoms. The monoisotopic (exact) mass is 358 g/mol. The van der Waals surface area contributed by atoms with Crippen LogP contribution in [0.1, 0.15) is 71.3 Å². The molecule has 1 aliphatic rings. The Morgan fingerprint density at radius 3 is 2.50 bits per heavy atom. The summed E-state index contributed by atoms with van der Waals surface area (Å²) in [5, 5.41) is 3.09. The second kappa shape index (κ2) is 10.3. The Morgan fingerprint density at radius 1 is 1.15 bits per heavy atom. The summed E-state index contributed by atoms with van der Waals surface area (Å²) in [6.07, 6.45) is 8.27. The van der Waals surface area contributed by atoms with Crippen LogP contribution in [0.2, 0.25) is 0 Å². The van der Waals surface area contributed by atoms with Crippen LogP contribution in [-0.4, -0.2) is 23.3 Å². The first kappa shape index (κ1) is 20.5. The van der Waals surface area contributed by atoms with Gasteiger partial charge in [0.15, 0.2) is 0 Å². The van der Waals surface area contributed by atoms with Crippen molar-refractivity contribution in [2.24, 2.45) is 11.8 Å². The molecule has 26 heavy (non-hydrogen) atoms. The predicted molar refractivity (Wildman–Crippen MR) is 107 cm³/mol. The highest BCUT2D eigenvalue weighted by Gasteiger charge is 2.26. The first-order valence-electron chi connectivity index (χ1n) is 10.2. The highest BCUT2D eigenvalue weighted by molar-refractivity contribution is 5.92. The van der Waals surface area contributed by atoms with Crippen LogP contribution in [0.3, 0.4) is 0 Å². The normalized spacial score (nSPS) is 19.8. The molecule has 1 fully saturated rings. The van der Waals surface area contributed by atoms with E-state index < -0.39 is 0 Å². The molecule has 0 saturated heterocycles. The van der Waals surface area contributed by atoms with Gasteiger partial charge in [0.25, 0.3) is 0 Å². The predicted octanol–water partition coefficient (Wildman–Crippen LogP) is 4.99. The molecule has 1 saturated carbocycles. The number of carbonyl (C=O) groups excluding carboxylic acids is 2. The Hall–Kier alpha value is -1.84. The van der Waals surface area contributed by atoms with Crippen molar-refractivity contribution in [1.82, 2.24) is 4.90 Å². The molecule has 0 spiro atoms. The van der Waals surface area contributed by atoms with Gasteiger partial charge in [-0.25, -0.2) is 0 Å². The number of amides is 2. The fourth-order valence-corrected chi connectivity index (χ4v) is 3.86. The van der Waals surface area contributed by atoms with Gasteiger partial charge < -0.3 is 10.2 Å². The van der Waals surface area contributed by atoms with E-state index in [2.05, 4.69) is 12.2 Å². The van der Waals surface area contributed by atoms with Crippen molar-refractivity contribution < 1.29 is 9.59 Å². The first-order valence-corrected chi connectivity index (χ1v) is 10.2. The Labute approximate surface area is 158 Å². The second-order valence-corrected chi connectivity index (χ2v) is 7.58. The molecule has 0 atom stereocenters. The van der Waals surface area contributed by atoms with Crippen LogP contribution in [-0.2, 0) is 16.1 Å². The van der Waals surface area contributed by atoms with E-state index in [0.29, 0.717) is 13.1 Å². The van der Waals surface area contributed by atoms with Crippen LogP contribution in [0.15, 0.2) is 24.3 Å². The zero-order chi connectivity index (χ0) is 18.9. The van der Waals surface area contributed by atoms with Crippen molar-refractivity contribution in [3.63, 3.8) is 0 Å². The van der Waals surface area contributed by atoms with Crippen molar-refractivity contribution in [2.75, 3.05) is 11.9 Å². The van der Waals surface area contributed by atoms with E-state index in [1.165, 1.54) is 32.1 Å². The Balaban J connectivity index is 1.87. The molecular formula is C22H34N2O2. The summed E-state index contributed by atoms with van der Waals surface area (Å²) in [4.78, 5) is 26.0. The lowest BCUT2D eigenvalue weighted by Crippen LogP contribution is -2.28. The number of nitrogens with zero attached hydrogens (tertiary/aromatic N) is 1. The van der Waals surface area contributed by atoms with Crippen molar-refractivity contribution >= 4 is 17.5 Å². The molecule has 0 aliphatic heterocycles. The van der Waals surface area contributed by atoms with E-state index in [1.807, 2.05) is 31.2 Å². The molecule has 0 radical (unpaired) electrons. The summed E-state index contributed by atoms with van der Waals surface area (Å²) in [6, 6.07) is 7.86. The Morgan fingerprint density at radius 2 is 1.88 bits per heavy atom. The smallest absolute Gasteiger partial charge is 0.227 e. The van der Waals surface area contributed by atoms with Crippen LogP contribution in [0.25, 0.3) is 0 Å². The van der Waals surface area contributed by atoms with Crippen molar-refractivity contribution in [3.05, 3.63) is 29.8 Å². The van der Waals surface area contributed by atoms with Gasteiger partial charge in [0.05, 0.1) is 0 Å². The number of nitrogens with one attached hydrogen (secondary N) is 1. The number of benzene rings is 1. The van der Waals surface area contributed by atoms with Gasteiger partial charge in [0.2, 0.25) is 11.8 Å². The summed E-state index contributed by atoms with van der Waals surface area (Å²) >= 11 is 0. The van der Waals surface area contributed by atoms with E-state index in [1.54, 1.807) is 11.8 Å². The highest BCUT2D eigenvalue weighted by Crippen LogP contribution is 2.32. The van der Waals surface area contributed by atoms with E-state index in [-0.39, 0.29) is 17.7 Å². The van der Waals surface area contributed by atoms with Gasteiger partial charge in [-0.3, -0.25) is 9.59 Å². The van der Waals surface area contributed by atoms with Gasteiger partial charge in [-0.05, 0) is 56.2 Å². The molecule has 1 aliphatic carbocycles. The average molecular weight is 359 g/mol. The maximum atomic E-state index is 12.6. The highest BCUT2D eigenvalue weighted by atomic mass is 16.2. The molecule has 4 nitrogen and oxygen atoms in total. The van der Waals surface area contributed by atoms with Gasteiger partial charge in [-0.2, -0.15) is 0 Å². The van der Waals surface area contributed by atoms with Crippen LogP contribution >= 0.6 is 0 Å². The van der Waals surface area contributed by atoms with Crippen LogP contribution < -0.4 is 5.32 Å². The standard InChI is InChI=1S/C22H34N2O2/c1-4-6-8-18-11-13-20(14-12-18)22(26)23-21-10-7-9-19(15-21)16-24(5-2)17(3)25/h7,9-10,15,18,20H,4-6,8,11-14,16H2,1-3H3,(H,23,26). The van der Waals surface area contributed by atoms with E-state index in [9.17, 15) is 9.59 Å². The molecule has 0 unspecified atom stereocenters. The Kier molecular flexibility index (Phi) is 8.14. The third-order valence-corrected chi connectivity index (χ3v) is 5.58. The van der Waals surface area contributed by atoms with E-state index in [4.69, 9.17) is 0 Å². The molecule has 2 amide bonds. The van der Waals surface area contributed by atoms with Gasteiger partial charge >= 0.3 is 0 Å². The van der Waals surface area contributed by atoms with E-state index >= 15 is 0 Å². The van der Waals surface area contributed by atoms with Gasteiger partial charge in [-0.15, -0.1) is 0 Å². The minimum Gasteiger partial charge on any atom is -0.339 e. The molecule has 0 heterocycles. The lowest BCUT2D eigenvalue weighted by molar-refractivity contribution is -0.129.